The lowest BCUT2D eigenvalue weighted by Crippen LogP contribution is -2.48. The van der Waals surface area contributed by atoms with Crippen molar-refractivity contribution in [3.8, 4) is 11.5 Å². The zero-order valence-corrected chi connectivity index (χ0v) is 17.9. The van der Waals surface area contributed by atoms with E-state index in [2.05, 4.69) is 4.90 Å². The van der Waals surface area contributed by atoms with E-state index in [0.717, 1.165) is 5.69 Å². The molecule has 3 rings (SSSR count). The molecular weight excluding hydrogens is 410 g/mol. The first-order valence-electron chi connectivity index (χ1n) is 9.63. The van der Waals surface area contributed by atoms with E-state index in [9.17, 15) is 14.9 Å². The topological polar surface area (TPSA) is 85.2 Å². The lowest BCUT2D eigenvalue weighted by molar-refractivity contribution is -0.384. The molecular formula is C21H24ClN3O5. The summed E-state index contributed by atoms with van der Waals surface area (Å²) >= 11 is 6.35. The molecule has 1 saturated heterocycles. The van der Waals surface area contributed by atoms with Gasteiger partial charge in [0.15, 0.2) is 11.5 Å². The quantitative estimate of drug-likeness (QED) is 0.505. The molecule has 1 aliphatic heterocycles. The predicted octanol–water partition coefficient (Wildman–Crippen LogP) is 4.01. The van der Waals surface area contributed by atoms with Crippen LogP contribution < -0.4 is 14.4 Å². The number of nitro groups is 1. The zero-order valence-electron chi connectivity index (χ0n) is 17.1. The molecule has 1 fully saturated rings. The van der Waals surface area contributed by atoms with Crippen molar-refractivity contribution in [2.45, 2.75) is 20.0 Å². The Morgan fingerprint density at radius 1 is 1.13 bits per heavy atom. The summed E-state index contributed by atoms with van der Waals surface area (Å²) in [6, 6.07) is 9.69. The van der Waals surface area contributed by atoms with Crippen molar-refractivity contribution in [2.24, 2.45) is 0 Å². The van der Waals surface area contributed by atoms with E-state index in [1.165, 1.54) is 19.2 Å². The van der Waals surface area contributed by atoms with Gasteiger partial charge in [-0.3, -0.25) is 14.9 Å². The number of non-ortho nitro benzene ring substituents is 1. The van der Waals surface area contributed by atoms with Crippen molar-refractivity contribution in [2.75, 3.05) is 38.2 Å². The van der Waals surface area contributed by atoms with Crippen LogP contribution >= 0.6 is 11.6 Å². The van der Waals surface area contributed by atoms with Crippen LogP contribution in [-0.2, 0) is 0 Å². The number of ether oxygens (including phenoxy) is 2. The lowest BCUT2D eigenvalue weighted by atomic mass is 10.1. The van der Waals surface area contributed by atoms with E-state index in [1.807, 2.05) is 13.8 Å². The summed E-state index contributed by atoms with van der Waals surface area (Å²) < 4.78 is 11.1. The third-order valence-corrected chi connectivity index (χ3v) is 5.10. The Morgan fingerprint density at radius 3 is 2.30 bits per heavy atom. The van der Waals surface area contributed by atoms with Gasteiger partial charge in [-0.1, -0.05) is 11.6 Å². The summed E-state index contributed by atoms with van der Waals surface area (Å²) in [6.45, 7) is 6.09. The zero-order chi connectivity index (χ0) is 21.8. The molecule has 0 aromatic heterocycles. The smallest absolute Gasteiger partial charge is 0.269 e. The highest BCUT2D eigenvalue weighted by atomic mass is 35.5. The molecule has 0 spiro atoms. The van der Waals surface area contributed by atoms with Gasteiger partial charge in [0.25, 0.3) is 11.6 Å². The first-order valence-corrected chi connectivity index (χ1v) is 10.0. The first kappa shape index (κ1) is 21.7. The van der Waals surface area contributed by atoms with Gasteiger partial charge in [-0.15, -0.1) is 0 Å². The van der Waals surface area contributed by atoms with Crippen LogP contribution in [0, 0.1) is 10.1 Å². The number of rotatable bonds is 6. The Balaban J connectivity index is 1.69. The summed E-state index contributed by atoms with van der Waals surface area (Å²) in [5.74, 6) is 0.715. The monoisotopic (exact) mass is 433 g/mol. The highest BCUT2D eigenvalue weighted by Crippen LogP contribution is 2.37. The number of hydrogen-bond acceptors (Lipinski definition) is 6. The number of methoxy groups -OCH3 is 1. The Kier molecular flexibility index (Phi) is 6.66. The number of amides is 1. The van der Waals surface area contributed by atoms with Crippen LogP contribution in [0.1, 0.15) is 24.2 Å². The van der Waals surface area contributed by atoms with Crippen molar-refractivity contribution in [3.05, 3.63) is 57.1 Å². The molecule has 0 saturated carbocycles. The van der Waals surface area contributed by atoms with Crippen molar-refractivity contribution in [1.29, 1.82) is 0 Å². The molecule has 0 unspecified atom stereocenters. The average molecular weight is 434 g/mol. The second kappa shape index (κ2) is 9.21. The molecule has 0 N–H and O–H groups in total. The number of anilines is 1. The fraction of sp³-hybridized carbons (Fsp3) is 0.381. The standard InChI is InChI=1S/C21H24ClN3O5/c1-14(2)30-20-18(22)12-15(13-19(20)29-3)21(26)24-10-8-23(9-11-24)16-4-6-17(7-5-16)25(27)28/h4-7,12-14H,8-11H2,1-3H3. The van der Waals surface area contributed by atoms with Gasteiger partial charge >= 0.3 is 0 Å². The highest BCUT2D eigenvalue weighted by Gasteiger charge is 2.25. The number of carbonyl (C=O) groups excluding carboxylic acids is 1. The first-order chi connectivity index (χ1) is 14.3. The molecule has 0 atom stereocenters. The SMILES string of the molecule is COc1cc(C(=O)N2CCN(c3ccc([N+](=O)[O-])cc3)CC2)cc(Cl)c1OC(C)C. The molecule has 0 radical (unpaired) electrons. The van der Waals surface area contributed by atoms with E-state index in [0.29, 0.717) is 48.3 Å². The van der Waals surface area contributed by atoms with Crippen LogP contribution in [0.25, 0.3) is 0 Å². The molecule has 30 heavy (non-hydrogen) atoms. The van der Waals surface area contributed by atoms with E-state index in [-0.39, 0.29) is 17.7 Å². The number of carbonyl (C=O) groups is 1. The van der Waals surface area contributed by atoms with Gasteiger partial charge in [-0.25, -0.2) is 0 Å². The van der Waals surface area contributed by atoms with Gasteiger partial charge in [0.05, 0.1) is 23.2 Å². The van der Waals surface area contributed by atoms with Gasteiger partial charge in [-0.2, -0.15) is 0 Å². The molecule has 9 heteroatoms. The maximum atomic E-state index is 13.0. The summed E-state index contributed by atoms with van der Waals surface area (Å²) in [6.07, 6.45) is -0.0783. The number of halogens is 1. The molecule has 1 heterocycles. The summed E-state index contributed by atoms with van der Waals surface area (Å²) in [7, 11) is 1.51. The normalized spacial score (nSPS) is 14.0. The van der Waals surface area contributed by atoms with E-state index in [4.69, 9.17) is 21.1 Å². The van der Waals surface area contributed by atoms with Crippen LogP contribution in [0.5, 0.6) is 11.5 Å². The largest absolute Gasteiger partial charge is 0.493 e. The third-order valence-electron chi connectivity index (χ3n) is 4.82. The second-order valence-corrected chi connectivity index (χ2v) is 7.62. The van der Waals surface area contributed by atoms with Crippen molar-refractivity contribution in [3.63, 3.8) is 0 Å². The second-order valence-electron chi connectivity index (χ2n) is 7.21. The molecule has 2 aromatic rings. The van der Waals surface area contributed by atoms with Crippen molar-refractivity contribution >= 4 is 28.9 Å². The molecule has 1 amide bonds. The van der Waals surface area contributed by atoms with Crippen LogP contribution in [0.2, 0.25) is 5.02 Å². The molecule has 2 aromatic carbocycles. The highest BCUT2D eigenvalue weighted by molar-refractivity contribution is 6.32. The number of nitrogens with zero attached hydrogens (tertiary/aromatic N) is 3. The summed E-state index contributed by atoms with van der Waals surface area (Å²) in [5.41, 5.74) is 1.40. The van der Waals surface area contributed by atoms with E-state index >= 15 is 0 Å². The number of piperazine rings is 1. The van der Waals surface area contributed by atoms with Gasteiger partial charge in [0.1, 0.15) is 0 Å². The number of nitro benzene ring substituents is 1. The summed E-state index contributed by atoms with van der Waals surface area (Å²) in [4.78, 5) is 27.2. The maximum absolute atomic E-state index is 13.0. The van der Waals surface area contributed by atoms with Gasteiger partial charge in [0, 0.05) is 49.6 Å². The Morgan fingerprint density at radius 2 is 1.77 bits per heavy atom. The fourth-order valence-corrected chi connectivity index (χ4v) is 3.58. The van der Waals surface area contributed by atoms with Gasteiger partial charge in [0.2, 0.25) is 0 Å². The number of benzene rings is 2. The number of hydrogen-bond donors (Lipinski definition) is 0. The van der Waals surface area contributed by atoms with E-state index < -0.39 is 4.92 Å². The summed E-state index contributed by atoms with van der Waals surface area (Å²) in [5, 5.41) is 11.1. The predicted molar refractivity (Wildman–Crippen MR) is 115 cm³/mol. The molecule has 160 valence electrons. The van der Waals surface area contributed by atoms with Gasteiger partial charge < -0.3 is 19.3 Å². The minimum Gasteiger partial charge on any atom is -0.493 e. The minimum atomic E-state index is -0.419. The third kappa shape index (κ3) is 4.76. The molecule has 0 aliphatic carbocycles. The lowest BCUT2D eigenvalue weighted by Gasteiger charge is -2.36. The average Bonchev–Trinajstić information content (AvgIpc) is 2.74. The fourth-order valence-electron chi connectivity index (χ4n) is 3.33. The van der Waals surface area contributed by atoms with Crippen molar-refractivity contribution < 1.29 is 19.2 Å². The maximum Gasteiger partial charge on any atom is 0.269 e. The Labute approximate surface area is 180 Å². The Hall–Kier alpha value is -3.00. The van der Waals surface area contributed by atoms with Crippen LogP contribution in [-0.4, -0.2) is 55.1 Å². The molecule has 8 nitrogen and oxygen atoms in total. The van der Waals surface area contributed by atoms with Crippen LogP contribution in [0.15, 0.2) is 36.4 Å². The van der Waals surface area contributed by atoms with E-state index in [1.54, 1.807) is 29.2 Å². The molecule has 0 bridgehead atoms. The van der Waals surface area contributed by atoms with Crippen molar-refractivity contribution in [1.82, 2.24) is 4.90 Å². The molecule has 1 aliphatic rings. The van der Waals surface area contributed by atoms with Crippen LogP contribution in [0.3, 0.4) is 0 Å². The van der Waals surface area contributed by atoms with Crippen LogP contribution in [0.4, 0.5) is 11.4 Å². The Bertz CT molecular complexity index is 925. The minimum absolute atomic E-state index is 0.0586. The van der Waals surface area contributed by atoms with Gasteiger partial charge in [-0.05, 0) is 38.1 Å².